The zero-order valence-corrected chi connectivity index (χ0v) is 14.2. The first-order valence-corrected chi connectivity index (χ1v) is 8.88. The summed E-state index contributed by atoms with van der Waals surface area (Å²) >= 11 is 0. The minimum atomic E-state index is 0.146. The molecule has 1 aromatic heterocycles. The maximum atomic E-state index is 13.2. The molecule has 1 spiro atoms. The van der Waals surface area contributed by atoms with Crippen molar-refractivity contribution >= 4 is 16.7 Å². The van der Waals surface area contributed by atoms with Crippen molar-refractivity contribution in [3.63, 3.8) is 0 Å². The van der Waals surface area contributed by atoms with Crippen LogP contribution in [0.25, 0.3) is 10.8 Å². The highest BCUT2D eigenvalue weighted by Gasteiger charge is 2.46. The maximum absolute atomic E-state index is 13.2. The number of nitrogens with zero attached hydrogens (tertiary/aromatic N) is 2. The van der Waals surface area contributed by atoms with Gasteiger partial charge in [0.1, 0.15) is 0 Å². The van der Waals surface area contributed by atoms with Crippen LogP contribution in [0.5, 0.6) is 0 Å². The van der Waals surface area contributed by atoms with Crippen LogP contribution in [0.1, 0.15) is 42.5 Å². The Balaban J connectivity index is 1.64. The van der Waals surface area contributed by atoms with Crippen LogP contribution in [-0.2, 0) is 4.74 Å². The summed E-state index contributed by atoms with van der Waals surface area (Å²) < 4.78 is 5.76. The van der Waals surface area contributed by atoms with E-state index >= 15 is 0 Å². The fourth-order valence-electron chi connectivity index (χ4n) is 4.75. The number of hydrogen-bond acceptors (Lipinski definition) is 3. The predicted molar refractivity (Wildman–Crippen MR) is 94.0 cm³/mol. The molecule has 0 radical (unpaired) electrons. The van der Waals surface area contributed by atoms with E-state index in [9.17, 15) is 4.79 Å². The van der Waals surface area contributed by atoms with Crippen molar-refractivity contribution in [2.45, 2.75) is 38.2 Å². The summed E-state index contributed by atoms with van der Waals surface area (Å²) in [5.41, 5.74) is 0.952. The molecule has 1 amide bonds. The lowest BCUT2D eigenvalue weighted by molar-refractivity contribution is -0.0295. The van der Waals surface area contributed by atoms with Crippen molar-refractivity contribution in [1.82, 2.24) is 9.88 Å². The summed E-state index contributed by atoms with van der Waals surface area (Å²) in [7, 11) is 1.82. The molecule has 2 aromatic rings. The Morgan fingerprint density at radius 1 is 1.29 bits per heavy atom. The molecule has 1 saturated heterocycles. The monoisotopic (exact) mass is 324 g/mol. The van der Waals surface area contributed by atoms with Crippen LogP contribution < -0.4 is 0 Å². The predicted octanol–water partition coefficient (Wildman–Crippen LogP) is 3.66. The molecule has 2 fully saturated rings. The molecule has 4 rings (SSSR count). The number of hydrogen-bond donors (Lipinski definition) is 0. The number of likely N-dealkylation sites (tertiary alicyclic amines) is 1. The Morgan fingerprint density at radius 2 is 2.17 bits per heavy atom. The van der Waals surface area contributed by atoms with Gasteiger partial charge in [-0.25, -0.2) is 0 Å². The second-order valence-electron chi connectivity index (χ2n) is 7.21. The van der Waals surface area contributed by atoms with Gasteiger partial charge in [-0.2, -0.15) is 0 Å². The van der Waals surface area contributed by atoms with E-state index in [1.54, 1.807) is 6.20 Å². The molecule has 4 heteroatoms. The molecule has 1 saturated carbocycles. The van der Waals surface area contributed by atoms with E-state index in [4.69, 9.17) is 4.74 Å². The Labute approximate surface area is 142 Å². The Morgan fingerprint density at radius 3 is 3.04 bits per heavy atom. The van der Waals surface area contributed by atoms with Crippen LogP contribution in [0.3, 0.4) is 0 Å². The summed E-state index contributed by atoms with van der Waals surface area (Å²) in [6, 6.07) is 7.84. The molecule has 1 aliphatic heterocycles. The van der Waals surface area contributed by atoms with Gasteiger partial charge in [-0.1, -0.05) is 18.6 Å². The number of aromatic nitrogens is 1. The molecular formula is C20H24N2O2. The molecule has 1 aliphatic carbocycles. The van der Waals surface area contributed by atoms with Gasteiger partial charge in [-0.3, -0.25) is 9.78 Å². The van der Waals surface area contributed by atoms with E-state index in [1.807, 2.05) is 37.6 Å². The highest BCUT2D eigenvalue weighted by Crippen LogP contribution is 2.46. The Bertz CT molecular complexity index is 755. The van der Waals surface area contributed by atoms with Crippen molar-refractivity contribution < 1.29 is 9.53 Å². The number of amides is 1. The van der Waals surface area contributed by atoms with Crippen molar-refractivity contribution in [2.24, 2.45) is 5.41 Å². The number of pyridine rings is 1. The van der Waals surface area contributed by atoms with Gasteiger partial charge in [-0.05, 0) is 43.2 Å². The number of piperidine rings is 1. The first-order valence-electron chi connectivity index (χ1n) is 8.88. The van der Waals surface area contributed by atoms with Crippen LogP contribution >= 0.6 is 0 Å². The van der Waals surface area contributed by atoms with E-state index in [2.05, 4.69) is 9.88 Å². The Hall–Kier alpha value is -1.94. The van der Waals surface area contributed by atoms with Gasteiger partial charge in [0, 0.05) is 49.0 Å². The SMILES string of the molecule is CO[C@@H]1CCC[C@]12CCCN(C(=O)c1cccc3cnccc13)C2. The first-order chi connectivity index (χ1) is 11.7. The van der Waals surface area contributed by atoms with Crippen LogP contribution in [0, 0.1) is 5.41 Å². The molecule has 2 atom stereocenters. The molecule has 126 valence electrons. The number of methoxy groups -OCH3 is 1. The molecule has 0 bridgehead atoms. The molecular weight excluding hydrogens is 300 g/mol. The first kappa shape index (κ1) is 15.6. The van der Waals surface area contributed by atoms with Crippen molar-refractivity contribution in [2.75, 3.05) is 20.2 Å². The summed E-state index contributed by atoms with van der Waals surface area (Å²) in [4.78, 5) is 19.4. The van der Waals surface area contributed by atoms with E-state index in [-0.39, 0.29) is 11.3 Å². The molecule has 4 nitrogen and oxygen atoms in total. The zero-order chi connectivity index (χ0) is 16.6. The highest BCUT2D eigenvalue weighted by atomic mass is 16.5. The summed E-state index contributed by atoms with van der Waals surface area (Å²) in [5, 5.41) is 2.01. The third-order valence-corrected chi connectivity index (χ3v) is 5.92. The lowest BCUT2D eigenvalue weighted by Crippen LogP contribution is -2.49. The lowest BCUT2D eigenvalue weighted by Gasteiger charge is -2.43. The largest absolute Gasteiger partial charge is 0.381 e. The normalized spacial score (nSPS) is 27.0. The fraction of sp³-hybridized carbons (Fsp3) is 0.500. The van der Waals surface area contributed by atoms with Crippen LogP contribution in [0.2, 0.25) is 0 Å². The van der Waals surface area contributed by atoms with Gasteiger partial charge in [-0.15, -0.1) is 0 Å². The number of carbonyl (C=O) groups is 1. The smallest absolute Gasteiger partial charge is 0.254 e. The van der Waals surface area contributed by atoms with Crippen molar-refractivity contribution in [3.8, 4) is 0 Å². The number of ether oxygens (including phenoxy) is 1. The lowest BCUT2D eigenvalue weighted by atomic mass is 9.76. The maximum Gasteiger partial charge on any atom is 0.254 e. The average molecular weight is 324 g/mol. The standard InChI is InChI=1S/C20H24N2O2/c1-24-18-7-3-9-20(18)10-4-12-22(14-20)19(23)17-6-2-5-15-13-21-11-8-16(15)17/h2,5-6,8,11,13,18H,3-4,7,9-10,12,14H2,1H3/t18-,20-/m1/s1. The van der Waals surface area contributed by atoms with E-state index in [1.165, 1.54) is 19.3 Å². The molecule has 2 heterocycles. The quantitative estimate of drug-likeness (QED) is 0.847. The second-order valence-corrected chi connectivity index (χ2v) is 7.21. The molecule has 2 aliphatic rings. The van der Waals surface area contributed by atoms with E-state index in [0.717, 1.165) is 42.3 Å². The van der Waals surface area contributed by atoms with Crippen LogP contribution in [0.15, 0.2) is 36.7 Å². The Kier molecular flexibility index (Phi) is 4.01. The average Bonchev–Trinajstić information content (AvgIpc) is 3.02. The summed E-state index contributed by atoms with van der Waals surface area (Å²) in [6.07, 6.45) is 9.63. The van der Waals surface area contributed by atoms with Gasteiger partial charge < -0.3 is 9.64 Å². The third-order valence-electron chi connectivity index (χ3n) is 5.92. The van der Waals surface area contributed by atoms with Crippen molar-refractivity contribution in [3.05, 3.63) is 42.2 Å². The number of benzene rings is 1. The van der Waals surface area contributed by atoms with Gasteiger partial charge in [0.2, 0.25) is 0 Å². The second kappa shape index (κ2) is 6.17. The van der Waals surface area contributed by atoms with Crippen molar-refractivity contribution in [1.29, 1.82) is 0 Å². The highest BCUT2D eigenvalue weighted by molar-refractivity contribution is 6.06. The summed E-state index contributed by atoms with van der Waals surface area (Å²) in [5.74, 6) is 0.146. The van der Waals surface area contributed by atoms with E-state index in [0.29, 0.717) is 6.10 Å². The van der Waals surface area contributed by atoms with Gasteiger partial charge in [0.25, 0.3) is 5.91 Å². The van der Waals surface area contributed by atoms with E-state index < -0.39 is 0 Å². The van der Waals surface area contributed by atoms with Gasteiger partial charge >= 0.3 is 0 Å². The van der Waals surface area contributed by atoms with Gasteiger partial charge in [0.05, 0.1) is 6.10 Å². The number of carbonyl (C=O) groups excluding carboxylic acids is 1. The summed E-state index contributed by atoms with van der Waals surface area (Å²) in [6.45, 7) is 1.67. The van der Waals surface area contributed by atoms with Crippen LogP contribution in [0.4, 0.5) is 0 Å². The molecule has 1 aromatic carbocycles. The minimum absolute atomic E-state index is 0.146. The molecule has 0 N–H and O–H groups in total. The number of rotatable bonds is 2. The topological polar surface area (TPSA) is 42.4 Å². The van der Waals surface area contributed by atoms with Gasteiger partial charge in [0.15, 0.2) is 0 Å². The third kappa shape index (κ3) is 2.49. The van der Waals surface area contributed by atoms with Crippen LogP contribution in [-0.4, -0.2) is 42.1 Å². The molecule has 0 unspecified atom stereocenters. The zero-order valence-electron chi connectivity index (χ0n) is 14.2. The number of fused-ring (bicyclic) bond motifs is 1. The fourth-order valence-corrected chi connectivity index (χ4v) is 4.75. The molecule has 24 heavy (non-hydrogen) atoms. The minimum Gasteiger partial charge on any atom is -0.381 e.